The van der Waals surface area contributed by atoms with Crippen LogP contribution in [0.5, 0.6) is 11.6 Å². The number of benzene rings is 1. The fraction of sp³-hybridized carbons (Fsp3) is 0.314. The summed E-state index contributed by atoms with van der Waals surface area (Å²) >= 11 is 6.04. The molecular weight excluding hydrogens is 642 g/mol. The van der Waals surface area contributed by atoms with Crippen molar-refractivity contribution < 1.29 is 27.8 Å². The minimum atomic E-state index is -3.00. The second-order valence-electron chi connectivity index (χ2n) is 12.6. The Kier molecular flexibility index (Phi) is 8.06. The molecule has 1 aromatic carbocycles. The molecule has 0 bridgehead atoms. The summed E-state index contributed by atoms with van der Waals surface area (Å²) in [7, 11) is 0. The molecule has 1 aliphatic carbocycles. The van der Waals surface area contributed by atoms with E-state index >= 15 is 0 Å². The van der Waals surface area contributed by atoms with Gasteiger partial charge in [0.05, 0.1) is 40.9 Å². The Hall–Kier alpha value is -4.97. The van der Waals surface area contributed by atoms with Gasteiger partial charge in [-0.05, 0) is 87.4 Å². The summed E-state index contributed by atoms with van der Waals surface area (Å²) in [6.45, 7) is 2.51. The lowest BCUT2D eigenvalue weighted by atomic mass is 9.93. The Bertz CT molecular complexity index is 2050. The van der Waals surface area contributed by atoms with Gasteiger partial charge in [0.15, 0.2) is 17.5 Å². The highest BCUT2D eigenvalue weighted by atomic mass is 35.5. The van der Waals surface area contributed by atoms with Gasteiger partial charge in [-0.1, -0.05) is 17.7 Å². The third kappa shape index (κ3) is 5.96. The fourth-order valence-corrected chi connectivity index (χ4v) is 6.23. The molecule has 10 nitrogen and oxygen atoms in total. The third-order valence-electron chi connectivity index (χ3n) is 8.75. The molecule has 0 spiro atoms. The summed E-state index contributed by atoms with van der Waals surface area (Å²) in [5, 5.41) is 5.81. The van der Waals surface area contributed by atoms with E-state index in [0.717, 1.165) is 19.1 Å². The van der Waals surface area contributed by atoms with Crippen LogP contribution in [0.15, 0.2) is 61.1 Å². The van der Waals surface area contributed by atoms with Gasteiger partial charge in [-0.3, -0.25) is 19.5 Å². The first-order chi connectivity index (χ1) is 23.0. The van der Waals surface area contributed by atoms with Gasteiger partial charge in [-0.25, -0.2) is 14.6 Å². The van der Waals surface area contributed by atoms with E-state index in [1.165, 1.54) is 18.5 Å². The Morgan fingerprint density at radius 3 is 2.65 bits per heavy atom. The van der Waals surface area contributed by atoms with Crippen LogP contribution in [-0.2, 0) is 17.8 Å². The van der Waals surface area contributed by atoms with E-state index in [1.807, 2.05) is 25.1 Å². The van der Waals surface area contributed by atoms with E-state index in [-0.39, 0.29) is 18.3 Å². The summed E-state index contributed by atoms with van der Waals surface area (Å²) in [5.74, 6) is 0.479. The van der Waals surface area contributed by atoms with Gasteiger partial charge in [-0.2, -0.15) is 13.9 Å². The predicted molar refractivity (Wildman–Crippen MR) is 175 cm³/mol. The molecule has 2 aliphatic rings. The number of amides is 1. The average molecular weight is 673 g/mol. The molecule has 0 radical (unpaired) electrons. The largest absolute Gasteiger partial charge is 0.476 e. The van der Waals surface area contributed by atoms with E-state index in [2.05, 4.69) is 19.8 Å². The number of halogens is 3. The molecule has 1 aliphatic heterocycles. The molecule has 7 rings (SSSR count). The smallest absolute Gasteiger partial charge is 0.388 e. The highest BCUT2D eigenvalue weighted by Gasteiger charge is 2.41. The van der Waals surface area contributed by atoms with E-state index in [1.54, 1.807) is 47.8 Å². The van der Waals surface area contributed by atoms with Crippen molar-refractivity contribution in [1.29, 1.82) is 0 Å². The summed E-state index contributed by atoms with van der Waals surface area (Å²) in [4.78, 5) is 41.3. The van der Waals surface area contributed by atoms with Crippen LogP contribution in [0.2, 0.25) is 5.02 Å². The number of rotatable bonds is 10. The molecule has 1 amide bonds. The van der Waals surface area contributed by atoms with Gasteiger partial charge < -0.3 is 9.47 Å². The van der Waals surface area contributed by atoms with Crippen molar-refractivity contribution in [1.82, 2.24) is 24.7 Å². The summed E-state index contributed by atoms with van der Waals surface area (Å²) in [5.41, 5.74) is 3.70. The van der Waals surface area contributed by atoms with Gasteiger partial charge in [0.2, 0.25) is 5.88 Å². The molecule has 0 saturated heterocycles. The van der Waals surface area contributed by atoms with Crippen LogP contribution < -0.4 is 14.4 Å². The van der Waals surface area contributed by atoms with E-state index in [9.17, 15) is 18.4 Å². The molecule has 1 atom stereocenters. The Morgan fingerprint density at radius 2 is 1.94 bits per heavy atom. The maximum absolute atomic E-state index is 13.6. The van der Waals surface area contributed by atoms with E-state index in [0.29, 0.717) is 73.5 Å². The number of carbonyl (C=O) groups is 2. The number of ether oxygens (including phenoxy) is 2. The lowest BCUT2D eigenvalue weighted by Crippen LogP contribution is -2.52. The van der Waals surface area contributed by atoms with Crippen molar-refractivity contribution in [2.24, 2.45) is 5.92 Å². The average Bonchev–Trinajstić information content (AvgIpc) is 3.78. The van der Waals surface area contributed by atoms with Crippen LogP contribution in [0.1, 0.15) is 67.0 Å². The Labute approximate surface area is 279 Å². The SMILES string of the molecule is CC(c1ccnc(OC(F)F)c1)n1ncc2c(-c3ccc4c(c3)OC(C)(C)C(=O)N4Cc3ccc(Cl)cn3)c(C=O)c(CC3CC3)nc21. The van der Waals surface area contributed by atoms with Crippen LogP contribution in [0.25, 0.3) is 22.2 Å². The topological polar surface area (TPSA) is 112 Å². The normalized spacial score (nSPS) is 16.1. The number of fused-ring (bicyclic) bond motifs is 2. The van der Waals surface area contributed by atoms with Crippen molar-refractivity contribution in [2.45, 2.75) is 64.8 Å². The zero-order valence-electron chi connectivity index (χ0n) is 26.4. The summed E-state index contributed by atoms with van der Waals surface area (Å²) in [6.07, 6.45) is 8.18. The van der Waals surface area contributed by atoms with Gasteiger partial charge >= 0.3 is 6.61 Å². The monoisotopic (exact) mass is 672 g/mol. The molecule has 1 fully saturated rings. The number of aromatic nitrogens is 5. The number of nitrogens with zero attached hydrogens (tertiary/aromatic N) is 6. The van der Waals surface area contributed by atoms with Crippen LogP contribution in [-0.4, -0.2) is 49.1 Å². The zero-order chi connectivity index (χ0) is 33.7. The standard InChI is InChI=1S/C35H31ClF2N6O4/c1-19(21-10-11-39-30(14-21)47-34(37)38)44-32-25(16-41-44)31(26(18-45)27(42-32)12-20-4-5-20)22-6-9-28-29(13-22)48-35(2,3)33(46)43(28)17-24-8-7-23(36)15-40-24/h6-11,13-16,18-20,34H,4-5,12,17H2,1-3H3. The molecule has 4 aromatic heterocycles. The number of hydrogen-bond donors (Lipinski definition) is 0. The molecule has 1 unspecified atom stereocenters. The van der Waals surface area contributed by atoms with Crippen LogP contribution >= 0.6 is 11.6 Å². The Morgan fingerprint density at radius 1 is 1.12 bits per heavy atom. The minimum absolute atomic E-state index is 0.200. The quantitative estimate of drug-likeness (QED) is 0.143. The number of carbonyl (C=O) groups excluding carboxylic acids is 2. The van der Waals surface area contributed by atoms with Crippen LogP contribution in [0.4, 0.5) is 14.5 Å². The molecule has 0 N–H and O–H groups in total. The number of anilines is 1. The van der Waals surface area contributed by atoms with Crippen molar-refractivity contribution >= 4 is 40.5 Å². The van der Waals surface area contributed by atoms with Crippen molar-refractivity contribution in [2.75, 3.05) is 4.90 Å². The highest BCUT2D eigenvalue weighted by molar-refractivity contribution is 6.30. The first kappa shape index (κ1) is 31.6. The zero-order valence-corrected chi connectivity index (χ0v) is 27.1. The Balaban J connectivity index is 1.35. The molecule has 48 heavy (non-hydrogen) atoms. The number of aldehydes is 1. The number of pyridine rings is 3. The first-order valence-corrected chi connectivity index (χ1v) is 15.9. The predicted octanol–water partition coefficient (Wildman–Crippen LogP) is 7.22. The van der Waals surface area contributed by atoms with Gasteiger partial charge in [0.1, 0.15) is 5.75 Å². The lowest BCUT2D eigenvalue weighted by Gasteiger charge is -2.39. The van der Waals surface area contributed by atoms with E-state index in [4.69, 9.17) is 21.3 Å². The summed E-state index contributed by atoms with van der Waals surface area (Å²) in [6, 6.07) is 11.7. The number of hydrogen-bond acceptors (Lipinski definition) is 8. The number of alkyl halides is 2. The molecule has 13 heteroatoms. The first-order valence-electron chi connectivity index (χ1n) is 15.5. The second kappa shape index (κ2) is 12.2. The van der Waals surface area contributed by atoms with Gasteiger partial charge in [-0.15, -0.1) is 0 Å². The van der Waals surface area contributed by atoms with E-state index < -0.39 is 18.3 Å². The molecule has 246 valence electrons. The molecule has 5 heterocycles. The third-order valence-corrected chi connectivity index (χ3v) is 8.97. The maximum atomic E-state index is 13.6. The van der Waals surface area contributed by atoms with Crippen LogP contribution in [0.3, 0.4) is 0 Å². The van der Waals surface area contributed by atoms with Crippen molar-refractivity contribution in [3.63, 3.8) is 0 Å². The molecular formula is C35H31ClF2N6O4. The highest BCUT2D eigenvalue weighted by Crippen LogP contribution is 2.44. The van der Waals surface area contributed by atoms with Crippen molar-refractivity contribution in [3.05, 3.63) is 88.6 Å². The fourth-order valence-electron chi connectivity index (χ4n) is 6.12. The minimum Gasteiger partial charge on any atom is -0.476 e. The lowest BCUT2D eigenvalue weighted by molar-refractivity contribution is -0.132. The maximum Gasteiger partial charge on any atom is 0.388 e. The molecule has 5 aromatic rings. The van der Waals surface area contributed by atoms with Gasteiger partial charge in [0.25, 0.3) is 5.91 Å². The summed E-state index contributed by atoms with van der Waals surface area (Å²) < 4.78 is 38.3. The van der Waals surface area contributed by atoms with Crippen LogP contribution in [0, 0.1) is 5.92 Å². The second-order valence-corrected chi connectivity index (χ2v) is 13.0. The van der Waals surface area contributed by atoms with Crippen molar-refractivity contribution in [3.8, 4) is 22.8 Å². The molecule has 1 saturated carbocycles. The van der Waals surface area contributed by atoms with Gasteiger partial charge in [0, 0.05) is 35.0 Å².